The van der Waals surface area contributed by atoms with Gasteiger partial charge in [-0.15, -0.1) is 0 Å². The number of primary amides is 1. The summed E-state index contributed by atoms with van der Waals surface area (Å²) in [6.07, 6.45) is 4.07. The van der Waals surface area contributed by atoms with E-state index < -0.39 is 30.2 Å². The minimum Gasteiger partial charge on any atom is -0.481 e. The van der Waals surface area contributed by atoms with E-state index in [9.17, 15) is 19.5 Å². The van der Waals surface area contributed by atoms with E-state index >= 15 is 0 Å². The molecule has 3 aromatic heterocycles. The van der Waals surface area contributed by atoms with Crippen LogP contribution in [-0.4, -0.2) is 61.3 Å². The Hall–Kier alpha value is -4.49. The van der Waals surface area contributed by atoms with Crippen LogP contribution in [0.25, 0.3) is 32.6 Å². The largest absolute Gasteiger partial charge is 0.481 e. The number of nitrogens with zero attached hydrogens (tertiary/aromatic N) is 5. The Bertz CT molecular complexity index is 1510. The van der Waals surface area contributed by atoms with Crippen molar-refractivity contribution in [1.82, 2.24) is 19.9 Å². The zero-order valence-corrected chi connectivity index (χ0v) is 22.0. The summed E-state index contributed by atoms with van der Waals surface area (Å²) in [4.78, 5) is 53.4. The third-order valence-electron chi connectivity index (χ3n) is 5.76. The monoisotopic (exact) mass is 550 g/mol. The highest BCUT2D eigenvalue weighted by Gasteiger charge is 2.29. The molecule has 0 radical (unpaired) electrons. The number of hydrogen-bond acceptors (Lipinski definition) is 10. The highest BCUT2D eigenvalue weighted by molar-refractivity contribution is 7.23. The zero-order chi connectivity index (χ0) is 28.2. The number of ether oxygens (including phenoxy) is 1. The summed E-state index contributed by atoms with van der Waals surface area (Å²) >= 11 is 1.34. The van der Waals surface area contributed by atoms with Crippen molar-refractivity contribution in [2.75, 3.05) is 18.1 Å². The summed E-state index contributed by atoms with van der Waals surface area (Å²) in [5.41, 5.74) is 7.36. The molecule has 0 saturated carbocycles. The number of pyridine rings is 1. The van der Waals surface area contributed by atoms with Gasteiger partial charge in [0.25, 0.3) is 0 Å². The van der Waals surface area contributed by atoms with Gasteiger partial charge in [-0.05, 0) is 43.7 Å². The van der Waals surface area contributed by atoms with Gasteiger partial charge in [-0.3, -0.25) is 19.5 Å². The predicted octanol–water partition coefficient (Wildman–Crippen LogP) is 3.34. The highest BCUT2D eigenvalue weighted by Crippen LogP contribution is 2.39. The second kappa shape index (κ2) is 11.5. The number of benzene rings is 1. The Morgan fingerprint density at radius 1 is 1.10 bits per heavy atom. The molecule has 1 unspecified atom stereocenters. The number of esters is 1. The number of carboxylic acid groups (broad SMARTS) is 1. The molecule has 0 bridgehead atoms. The minimum atomic E-state index is -1.69. The lowest BCUT2D eigenvalue weighted by Gasteiger charge is -2.21. The number of thiazole rings is 1. The maximum Gasteiger partial charge on any atom is 0.321 e. The number of nitrogens with two attached hydrogens (primary N) is 1. The number of amides is 2. The molecule has 1 aromatic carbocycles. The molecule has 13 heteroatoms. The van der Waals surface area contributed by atoms with Crippen LogP contribution in [0.2, 0.25) is 0 Å². The summed E-state index contributed by atoms with van der Waals surface area (Å²) < 4.78 is 5.83. The fraction of sp³-hybridized carbons (Fsp3) is 0.269. The Morgan fingerprint density at radius 2 is 1.85 bits per heavy atom. The SMILES string of the molecule is CCN(C(N)=O)c1nc2cc(-c3cnc(C(C)(O)COC(=O)CCC(=O)O)nc3)cc(-c3ccccn3)c2s1. The molecular formula is C26H26N6O6S. The molecule has 4 rings (SSSR count). The molecule has 12 nitrogen and oxygen atoms in total. The molecule has 39 heavy (non-hydrogen) atoms. The van der Waals surface area contributed by atoms with E-state index in [2.05, 4.69) is 19.9 Å². The molecule has 0 aliphatic heterocycles. The first kappa shape index (κ1) is 27.5. The van der Waals surface area contributed by atoms with E-state index in [1.807, 2.05) is 37.3 Å². The second-order valence-corrected chi connectivity index (χ2v) is 9.77. The maximum atomic E-state index is 11.9. The fourth-order valence-electron chi connectivity index (χ4n) is 3.72. The van der Waals surface area contributed by atoms with Gasteiger partial charge in [0.1, 0.15) is 6.61 Å². The zero-order valence-electron chi connectivity index (χ0n) is 21.2. The first-order valence-electron chi connectivity index (χ1n) is 11.9. The van der Waals surface area contributed by atoms with Crippen molar-refractivity contribution >= 4 is 44.7 Å². The number of aromatic nitrogens is 4. The van der Waals surface area contributed by atoms with Gasteiger partial charge in [0.15, 0.2) is 16.6 Å². The van der Waals surface area contributed by atoms with E-state index in [0.29, 0.717) is 28.5 Å². The average Bonchev–Trinajstić information content (AvgIpc) is 3.34. The van der Waals surface area contributed by atoms with Crippen molar-refractivity contribution in [3.8, 4) is 22.4 Å². The van der Waals surface area contributed by atoms with Gasteiger partial charge in [-0.1, -0.05) is 17.4 Å². The van der Waals surface area contributed by atoms with E-state index in [1.165, 1.54) is 35.6 Å². The van der Waals surface area contributed by atoms with Gasteiger partial charge < -0.3 is 20.7 Å². The Morgan fingerprint density at radius 3 is 2.46 bits per heavy atom. The normalized spacial score (nSPS) is 12.6. The molecule has 3 heterocycles. The molecule has 202 valence electrons. The minimum absolute atomic E-state index is 0.0271. The lowest BCUT2D eigenvalue weighted by atomic mass is 10.0. The van der Waals surface area contributed by atoms with Crippen LogP contribution in [0.1, 0.15) is 32.5 Å². The molecule has 4 N–H and O–H groups in total. The van der Waals surface area contributed by atoms with Crippen LogP contribution in [-0.2, 0) is 19.9 Å². The lowest BCUT2D eigenvalue weighted by Crippen LogP contribution is -2.35. The van der Waals surface area contributed by atoms with Crippen molar-refractivity contribution < 1.29 is 29.3 Å². The van der Waals surface area contributed by atoms with Gasteiger partial charge >= 0.3 is 18.0 Å². The molecule has 2 amide bonds. The number of rotatable bonds is 10. The summed E-state index contributed by atoms with van der Waals surface area (Å²) in [7, 11) is 0. The highest BCUT2D eigenvalue weighted by atomic mass is 32.1. The van der Waals surface area contributed by atoms with Gasteiger partial charge in [0, 0.05) is 36.3 Å². The molecule has 0 saturated heterocycles. The van der Waals surface area contributed by atoms with Gasteiger partial charge in [-0.25, -0.2) is 19.7 Å². The molecule has 0 fully saturated rings. The van der Waals surface area contributed by atoms with E-state index in [4.69, 9.17) is 15.6 Å². The van der Waals surface area contributed by atoms with Crippen molar-refractivity contribution in [3.63, 3.8) is 0 Å². The molecule has 0 spiro atoms. The topological polar surface area (TPSA) is 182 Å². The summed E-state index contributed by atoms with van der Waals surface area (Å²) in [5.74, 6) is -1.84. The first-order valence-corrected chi connectivity index (χ1v) is 12.8. The van der Waals surface area contributed by atoms with Crippen molar-refractivity contribution in [2.45, 2.75) is 32.3 Å². The average molecular weight is 551 g/mol. The third kappa shape index (κ3) is 6.33. The number of carbonyl (C=O) groups excluding carboxylic acids is 2. The van der Waals surface area contributed by atoms with Gasteiger partial charge in [-0.2, -0.15) is 0 Å². The number of carboxylic acids is 1. The Kier molecular flexibility index (Phi) is 8.12. The summed E-state index contributed by atoms with van der Waals surface area (Å²) in [5, 5.41) is 19.9. The molecule has 0 aliphatic rings. The summed E-state index contributed by atoms with van der Waals surface area (Å²) in [6, 6.07) is 8.73. The molecule has 4 aromatic rings. The summed E-state index contributed by atoms with van der Waals surface area (Å²) in [6.45, 7) is 3.14. The number of aliphatic hydroxyl groups is 1. The number of urea groups is 1. The number of anilines is 1. The van der Waals surface area contributed by atoms with Crippen LogP contribution >= 0.6 is 11.3 Å². The van der Waals surface area contributed by atoms with Crippen LogP contribution in [0.5, 0.6) is 0 Å². The molecule has 1 atom stereocenters. The Labute approximate surface area is 227 Å². The number of fused-ring (bicyclic) bond motifs is 1. The number of carbonyl (C=O) groups is 3. The first-order chi connectivity index (χ1) is 18.6. The van der Waals surface area contributed by atoms with Crippen LogP contribution in [0.15, 0.2) is 48.9 Å². The van der Waals surface area contributed by atoms with Crippen molar-refractivity contribution in [1.29, 1.82) is 0 Å². The lowest BCUT2D eigenvalue weighted by molar-refractivity contribution is -0.154. The number of hydrogen-bond donors (Lipinski definition) is 3. The van der Waals surface area contributed by atoms with Gasteiger partial charge in [0.2, 0.25) is 0 Å². The van der Waals surface area contributed by atoms with Crippen LogP contribution in [0.3, 0.4) is 0 Å². The predicted molar refractivity (Wildman–Crippen MR) is 144 cm³/mol. The smallest absolute Gasteiger partial charge is 0.321 e. The molecule has 0 aliphatic carbocycles. The second-order valence-electron chi connectivity index (χ2n) is 8.79. The quantitative estimate of drug-likeness (QED) is 0.248. The molecular weight excluding hydrogens is 524 g/mol. The van der Waals surface area contributed by atoms with Crippen LogP contribution < -0.4 is 10.6 Å². The van der Waals surface area contributed by atoms with E-state index in [-0.39, 0.29) is 18.7 Å². The van der Waals surface area contributed by atoms with Gasteiger partial charge in [0.05, 0.1) is 28.8 Å². The van der Waals surface area contributed by atoms with Crippen LogP contribution in [0.4, 0.5) is 9.93 Å². The van der Waals surface area contributed by atoms with Crippen molar-refractivity contribution in [2.24, 2.45) is 5.73 Å². The van der Waals surface area contributed by atoms with Crippen molar-refractivity contribution in [3.05, 3.63) is 54.7 Å². The standard InChI is InChI=1S/C26H26N6O6S/c1-3-32(24(27)36)25-31-19-11-15(10-17(22(19)39-25)18-6-4-5-9-28-18)16-12-29-23(30-13-16)26(2,37)14-38-21(35)8-7-20(33)34/h4-6,9-13,37H,3,7-8,14H2,1-2H3,(H2,27,36)(H,33,34). The maximum absolute atomic E-state index is 11.9. The number of aliphatic carboxylic acids is 1. The Balaban J connectivity index is 1.66. The van der Waals surface area contributed by atoms with E-state index in [1.54, 1.807) is 6.20 Å². The third-order valence-corrected chi connectivity index (χ3v) is 6.88. The fourth-order valence-corrected chi connectivity index (χ4v) is 4.86. The van der Waals surface area contributed by atoms with E-state index in [0.717, 1.165) is 15.8 Å². The van der Waals surface area contributed by atoms with Crippen LogP contribution in [0, 0.1) is 0 Å².